The van der Waals surface area contributed by atoms with Gasteiger partial charge in [0, 0.05) is 18.3 Å². The summed E-state index contributed by atoms with van der Waals surface area (Å²) in [5.74, 6) is -2.58. The maximum Gasteiger partial charge on any atom is 0.241 e. The Balaban J connectivity index is 1.50. The molecule has 0 aromatic heterocycles. The Bertz CT molecular complexity index is 952. The van der Waals surface area contributed by atoms with E-state index in [1.165, 1.54) is 4.90 Å². The predicted molar refractivity (Wildman–Crippen MR) is 107 cm³/mol. The maximum atomic E-state index is 13.3. The highest BCUT2D eigenvalue weighted by atomic mass is 32.2. The van der Waals surface area contributed by atoms with Crippen LogP contribution in [0.3, 0.4) is 0 Å². The first-order valence-electron chi connectivity index (χ1n) is 8.85. The van der Waals surface area contributed by atoms with Gasteiger partial charge in [-0.05, 0) is 24.3 Å². The van der Waals surface area contributed by atoms with Crippen LogP contribution in [-0.2, 0) is 9.59 Å². The number of nitrogens with one attached hydrogen (secondary N) is 3. The van der Waals surface area contributed by atoms with Gasteiger partial charge in [-0.15, -0.1) is 0 Å². The molecule has 29 heavy (non-hydrogen) atoms. The van der Waals surface area contributed by atoms with Crippen LogP contribution in [0.2, 0.25) is 0 Å². The Hall–Kier alpha value is -2.82. The number of para-hydroxylation sites is 1. The quantitative estimate of drug-likeness (QED) is 0.709. The van der Waals surface area contributed by atoms with Gasteiger partial charge in [-0.3, -0.25) is 19.9 Å². The van der Waals surface area contributed by atoms with Gasteiger partial charge < -0.3 is 5.32 Å². The molecule has 0 bridgehead atoms. The molecule has 0 saturated carbocycles. The first-order valence-corrected chi connectivity index (χ1v) is 9.84. The van der Waals surface area contributed by atoms with E-state index in [9.17, 15) is 18.4 Å². The number of carbonyl (C=O) groups is 2. The highest BCUT2D eigenvalue weighted by Gasteiger charge is 2.42. The number of rotatable bonds is 4. The van der Waals surface area contributed by atoms with E-state index in [1.54, 1.807) is 12.1 Å². The molecule has 1 fully saturated rings. The highest BCUT2D eigenvalue weighted by molar-refractivity contribution is 8.14. The Morgan fingerprint density at radius 2 is 1.93 bits per heavy atom. The molecule has 2 aromatic rings. The van der Waals surface area contributed by atoms with E-state index < -0.39 is 23.7 Å². The van der Waals surface area contributed by atoms with Crippen molar-refractivity contribution in [3.8, 4) is 0 Å². The Morgan fingerprint density at radius 3 is 2.66 bits per heavy atom. The largest absolute Gasteiger partial charge is 0.325 e. The lowest BCUT2D eigenvalue weighted by atomic mass is 10.1. The number of hydrogen-bond acceptors (Lipinski definition) is 6. The molecule has 2 aromatic carbocycles. The van der Waals surface area contributed by atoms with Crippen molar-refractivity contribution in [2.75, 3.05) is 22.5 Å². The summed E-state index contributed by atoms with van der Waals surface area (Å²) in [6.45, 7) is 0.458. The number of hydrazine groups is 1. The van der Waals surface area contributed by atoms with Crippen molar-refractivity contribution in [3.63, 3.8) is 0 Å². The minimum Gasteiger partial charge on any atom is -0.325 e. The number of aliphatic imine (C=N–C) groups is 1. The summed E-state index contributed by atoms with van der Waals surface area (Å²) >= 11 is 1.08. The van der Waals surface area contributed by atoms with E-state index >= 15 is 0 Å². The van der Waals surface area contributed by atoms with Gasteiger partial charge in [-0.1, -0.05) is 30.0 Å². The second-order valence-corrected chi connectivity index (χ2v) is 7.43. The van der Waals surface area contributed by atoms with Crippen molar-refractivity contribution < 1.29 is 18.4 Å². The summed E-state index contributed by atoms with van der Waals surface area (Å²) in [6.07, 6.45) is -0.412. The fraction of sp³-hybridized carbons (Fsp3) is 0.211. The molecule has 2 aliphatic rings. The number of amides is 2. The molecule has 7 nitrogen and oxygen atoms in total. The molecule has 2 atom stereocenters. The van der Waals surface area contributed by atoms with Gasteiger partial charge in [0.15, 0.2) is 5.17 Å². The van der Waals surface area contributed by atoms with Gasteiger partial charge in [0.2, 0.25) is 11.8 Å². The molecule has 150 valence electrons. The summed E-state index contributed by atoms with van der Waals surface area (Å²) in [6, 6.07) is 11.8. The summed E-state index contributed by atoms with van der Waals surface area (Å²) in [5.41, 5.74) is 6.56. The minimum absolute atomic E-state index is 0.0244. The second kappa shape index (κ2) is 8.27. The highest BCUT2D eigenvalue weighted by Crippen LogP contribution is 2.29. The zero-order valence-corrected chi connectivity index (χ0v) is 15.9. The number of anilines is 2. The van der Waals surface area contributed by atoms with Crippen LogP contribution >= 0.6 is 11.8 Å². The lowest BCUT2D eigenvalue weighted by Gasteiger charge is -2.32. The standard InChI is InChI=1S/C19H17F2N5O2S/c20-11-6-12(21)8-13(7-11)23-16(27)10-29-19-24-17-15(9-22-25-17)18(28)26(19)14-4-2-1-3-5-14/h1-8,15,17,22,25H,9-10H2,(H,23,27). The van der Waals surface area contributed by atoms with Crippen molar-refractivity contribution in [1.29, 1.82) is 0 Å². The van der Waals surface area contributed by atoms with E-state index in [2.05, 4.69) is 21.2 Å². The SMILES string of the molecule is O=C(CSC1=NC2NNCC2C(=O)N1c1ccccc1)Nc1cc(F)cc(F)c1. The molecule has 0 aliphatic carbocycles. The molecule has 1 saturated heterocycles. The third-order valence-electron chi connectivity index (χ3n) is 4.42. The Labute approximate surface area is 169 Å². The molecule has 4 rings (SSSR count). The van der Waals surface area contributed by atoms with Crippen molar-refractivity contribution in [1.82, 2.24) is 10.9 Å². The van der Waals surface area contributed by atoms with Crippen LogP contribution in [-0.4, -0.2) is 35.4 Å². The van der Waals surface area contributed by atoms with Crippen LogP contribution in [0, 0.1) is 17.6 Å². The molecular formula is C19H17F2N5O2S. The molecule has 0 radical (unpaired) electrons. The second-order valence-electron chi connectivity index (χ2n) is 6.49. The molecule has 0 spiro atoms. The van der Waals surface area contributed by atoms with Crippen molar-refractivity contribution in [3.05, 3.63) is 60.2 Å². The molecule has 10 heteroatoms. The number of amidine groups is 1. The number of fused-ring (bicyclic) bond motifs is 1. The third kappa shape index (κ3) is 4.29. The van der Waals surface area contributed by atoms with E-state index in [-0.39, 0.29) is 23.3 Å². The predicted octanol–water partition coefficient (Wildman–Crippen LogP) is 2.09. The summed E-state index contributed by atoms with van der Waals surface area (Å²) in [5, 5.41) is 2.82. The van der Waals surface area contributed by atoms with Crippen molar-refractivity contribution in [2.45, 2.75) is 6.17 Å². The topological polar surface area (TPSA) is 85.8 Å². The molecule has 2 amide bonds. The van der Waals surface area contributed by atoms with Crippen LogP contribution < -0.4 is 21.1 Å². The lowest BCUT2D eigenvalue weighted by Crippen LogP contribution is -2.49. The van der Waals surface area contributed by atoms with Crippen LogP contribution in [0.15, 0.2) is 53.5 Å². The normalized spacial score (nSPS) is 21.0. The van der Waals surface area contributed by atoms with Crippen molar-refractivity contribution >= 4 is 40.1 Å². The van der Waals surface area contributed by atoms with Gasteiger partial charge >= 0.3 is 0 Å². The molecule has 2 heterocycles. The van der Waals surface area contributed by atoms with Gasteiger partial charge in [0.25, 0.3) is 0 Å². The summed E-state index contributed by atoms with van der Waals surface area (Å²) < 4.78 is 26.6. The van der Waals surface area contributed by atoms with E-state index in [4.69, 9.17) is 0 Å². The summed E-state index contributed by atoms with van der Waals surface area (Å²) in [4.78, 5) is 31.3. The summed E-state index contributed by atoms with van der Waals surface area (Å²) in [7, 11) is 0. The average Bonchev–Trinajstić information content (AvgIpc) is 3.15. The van der Waals surface area contributed by atoms with Gasteiger partial charge in [-0.25, -0.2) is 19.2 Å². The Kier molecular flexibility index (Phi) is 5.56. The lowest BCUT2D eigenvalue weighted by molar-refractivity contribution is -0.121. The third-order valence-corrected chi connectivity index (χ3v) is 5.38. The minimum atomic E-state index is -0.781. The van der Waals surface area contributed by atoms with Gasteiger partial charge in [-0.2, -0.15) is 0 Å². The fourth-order valence-corrected chi connectivity index (χ4v) is 3.98. The average molecular weight is 417 g/mol. The number of hydrogen-bond donors (Lipinski definition) is 3. The van der Waals surface area contributed by atoms with E-state index in [0.29, 0.717) is 17.4 Å². The first kappa shape index (κ1) is 19.5. The van der Waals surface area contributed by atoms with E-state index in [0.717, 1.165) is 30.0 Å². The van der Waals surface area contributed by atoms with Crippen molar-refractivity contribution in [2.24, 2.45) is 10.9 Å². The monoisotopic (exact) mass is 417 g/mol. The smallest absolute Gasteiger partial charge is 0.241 e. The number of carbonyl (C=O) groups excluding carboxylic acids is 2. The van der Waals surface area contributed by atoms with Gasteiger partial charge in [0.1, 0.15) is 17.8 Å². The maximum absolute atomic E-state index is 13.3. The number of halogens is 2. The van der Waals surface area contributed by atoms with Crippen LogP contribution in [0.25, 0.3) is 0 Å². The number of nitrogens with zero attached hydrogens (tertiary/aromatic N) is 2. The van der Waals surface area contributed by atoms with Gasteiger partial charge in [0.05, 0.1) is 17.4 Å². The number of thioether (sulfide) groups is 1. The zero-order valence-electron chi connectivity index (χ0n) is 15.1. The molecular weight excluding hydrogens is 400 g/mol. The fourth-order valence-electron chi connectivity index (χ4n) is 3.14. The van der Waals surface area contributed by atoms with Crippen LogP contribution in [0.5, 0.6) is 0 Å². The number of benzene rings is 2. The van der Waals surface area contributed by atoms with E-state index in [1.807, 2.05) is 18.2 Å². The zero-order chi connectivity index (χ0) is 20.4. The first-order chi connectivity index (χ1) is 14.0. The van der Waals surface area contributed by atoms with Crippen LogP contribution in [0.4, 0.5) is 20.2 Å². The molecule has 2 unspecified atom stereocenters. The molecule has 2 aliphatic heterocycles. The Morgan fingerprint density at radius 1 is 1.21 bits per heavy atom. The molecule has 3 N–H and O–H groups in total. The van der Waals surface area contributed by atoms with Crippen LogP contribution in [0.1, 0.15) is 0 Å².